The third-order valence-electron chi connectivity index (χ3n) is 6.43. The molecule has 2 fully saturated rings. The van der Waals surface area contributed by atoms with E-state index in [1.807, 2.05) is 20.8 Å². The third-order valence-corrected chi connectivity index (χ3v) is 6.43. The Morgan fingerprint density at radius 1 is 1.09 bits per heavy atom. The Balaban J connectivity index is 0.00000133. The molecule has 2 saturated heterocycles. The van der Waals surface area contributed by atoms with Crippen molar-refractivity contribution in [2.24, 2.45) is 0 Å². The van der Waals surface area contributed by atoms with Crippen LogP contribution in [-0.4, -0.2) is 60.6 Å². The van der Waals surface area contributed by atoms with Gasteiger partial charge in [0.2, 0.25) is 0 Å². The maximum absolute atomic E-state index is 15.0. The van der Waals surface area contributed by atoms with Crippen LogP contribution >= 0.6 is 0 Å². The first-order chi connectivity index (χ1) is 16.5. The van der Waals surface area contributed by atoms with E-state index in [0.29, 0.717) is 46.3 Å². The first-order valence-electron chi connectivity index (χ1n) is 12.1. The summed E-state index contributed by atoms with van der Waals surface area (Å²) in [5, 5.41) is 8.36. The molecule has 184 valence electrons. The number of ether oxygens (including phenoxy) is 2. The van der Waals surface area contributed by atoms with Gasteiger partial charge in [0.05, 0.1) is 19.3 Å². The van der Waals surface area contributed by atoms with Crippen LogP contribution in [-0.2, 0) is 4.74 Å². The monoisotopic (exact) mass is 471 g/mol. The number of aromatic nitrogens is 3. The molecule has 0 bridgehead atoms. The number of aryl methyl sites for hydroxylation is 2. The quantitative estimate of drug-likeness (QED) is 0.585. The molecular formula is C25H34FN5O3. The van der Waals surface area contributed by atoms with Crippen molar-refractivity contribution in [3.63, 3.8) is 0 Å². The topological polar surface area (TPSA) is 85.5 Å². The Labute approximate surface area is 199 Å². The lowest BCUT2D eigenvalue weighted by molar-refractivity contribution is 0.186. The summed E-state index contributed by atoms with van der Waals surface area (Å²) in [4.78, 5) is 11.4. The highest BCUT2D eigenvalue weighted by atomic mass is 19.1. The summed E-state index contributed by atoms with van der Waals surface area (Å²) in [5.41, 5.74) is 1.91. The fourth-order valence-electron chi connectivity index (χ4n) is 4.70. The molecule has 1 aromatic carbocycles. The lowest BCUT2D eigenvalue weighted by atomic mass is 9.99. The molecule has 34 heavy (non-hydrogen) atoms. The molecule has 2 aromatic heterocycles. The van der Waals surface area contributed by atoms with Crippen molar-refractivity contribution >= 4 is 16.7 Å². The first kappa shape index (κ1) is 24.3. The zero-order valence-corrected chi connectivity index (χ0v) is 20.7. The van der Waals surface area contributed by atoms with Crippen molar-refractivity contribution in [1.82, 2.24) is 20.4 Å². The van der Waals surface area contributed by atoms with Crippen LogP contribution in [0.5, 0.6) is 5.75 Å². The van der Waals surface area contributed by atoms with Crippen LogP contribution in [0.3, 0.4) is 0 Å². The second-order valence-electron chi connectivity index (χ2n) is 8.58. The maximum Gasteiger partial charge on any atom is 0.261 e. The van der Waals surface area contributed by atoms with Crippen molar-refractivity contribution in [3.05, 3.63) is 29.3 Å². The van der Waals surface area contributed by atoms with Crippen molar-refractivity contribution in [2.75, 3.05) is 38.3 Å². The van der Waals surface area contributed by atoms with Gasteiger partial charge in [0.25, 0.3) is 5.89 Å². The first-order valence-corrected chi connectivity index (χ1v) is 12.1. The normalized spacial score (nSPS) is 18.8. The summed E-state index contributed by atoms with van der Waals surface area (Å²) in [6.45, 7) is 11.0. The highest BCUT2D eigenvalue weighted by molar-refractivity contribution is 5.93. The second kappa shape index (κ2) is 10.7. The van der Waals surface area contributed by atoms with E-state index in [1.165, 1.54) is 13.2 Å². The van der Waals surface area contributed by atoms with E-state index >= 15 is 0 Å². The summed E-state index contributed by atoms with van der Waals surface area (Å²) < 4.78 is 31.2. The Morgan fingerprint density at radius 3 is 2.47 bits per heavy atom. The minimum absolute atomic E-state index is 0.321. The van der Waals surface area contributed by atoms with E-state index in [0.717, 1.165) is 56.7 Å². The summed E-state index contributed by atoms with van der Waals surface area (Å²) in [7, 11) is 1.52. The third kappa shape index (κ3) is 4.86. The molecule has 0 spiro atoms. The number of nitrogens with one attached hydrogen (secondary N) is 1. The molecule has 4 heterocycles. The van der Waals surface area contributed by atoms with Gasteiger partial charge in [-0.2, -0.15) is 4.98 Å². The Morgan fingerprint density at radius 2 is 1.85 bits per heavy atom. The second-order valence-corrected chi connectivity index (χ2v) is 8.58. The number of hydrogen-bond acceptors (Lipinski definition) is 8. The van der Waals surface area contributed by atoms with Gasteiger partial charge in [0.1, 0.15) is 17.1 Å². The molecule has 9 heteroatoms. The molecule has 0 aliphatic carbocycles. The van der Waals surface area contributed by atoms with Crippen LogP contribution < -0.4 is 15.0 Å². The van der Waals surface area contributed by atoms with E-state index in [4.69, 9.17) is 19.0 Å². The van der Waals surface area contributed by atoms with Gasteiger partial charge in [-0.05, 0) is 44.7 Å². The highest BCUT2D eigenvalue weighted by Crippen LogP contribution is 2.38. The van der Waals surface area contributed by atoms with E-state index in [2.05, 4.69) is 20.4 Å². The Bertz CT molecular complexity index is 1120. The van der Waals surface area contributed by atoms with Gasteiger partial charge in [-0.3, -0.25) is 0 Å². The number of pyridine rings is 1. The van der Waals surface area contributed by atoms with Gasteiger partial charge in [0, 0.05) is 43.2 Å². The predicted octanol–water partition coefficient (Wildman–Crippen LogP) is 4.42. The van der Waals surface area contributed by atoms with E-state index in [-0.39, 0.29) is 0 Å². The number of methoxy groups -OCH3 is 1. The van der Waals surface area contributed by atoms with Crippen molar-refractivity contribution in [2.45, 2.75) is 59.0 Å². The summed E-state index contributed by atoms with van der Waals surface area (Å²) >= 11 is 0. The van der Waals surface area contributed by atoms with Crippen molar-refractivity contribution in [1.29, 1.82) is 0 Å². The smallest absolute Gasteiger partial charge is 0.261 e. The van der Waals surface area contributed by atoms with Crippen LogP contribution in [0.15, 0.2) is 16.7 Å². The van der Waals surface area contributed by atoms with E-state index in [1.54, 1.807) is 13.0 Å². The minimum Gasteiger partial charge on any atom is -0.497 e. The summed E-state index contributed by atoms with van der Waals surface area (Å²) in [6.07, 6.45) is 3.01. The van der Waals surface area contributed by atoms with Crippen LogP contribution in [0.25, 0.3) is 22.4 Å². The average Bonchev–Trinajstić information content (AvgIpc) is 3.53. The van der Waals surface area contributed by atoms with Crippen LogP contribution in [0, 0.1) is 19.7 Å². The lowest BCUT2D eigenvalue weighted by Gasteiger charge is -2.35. The van der Waals surface area contributed by atoms with Gasteiger partial charge >= 0.3 is 0 Å². The zero-order chi connectivity index (χ0) is 24.2. The minimum atomic E-state index is -0.408. The molecule has 1 unspecified atom stereocenters. The van der Waals surface area contributed by atoms with Gasteiger partial charge < -0.3 is 24.2 Å². The number of rotatable bonds is 5. The zero-order valence-electron chi connectivity index (χ0n) is 20.7. The number of benzene rings is 1. The van der Waals surface area contributed by atoms with Gasteiger partial charge in [-0.1, -0.05) is 19.0 Å². The van der Waals surface area contributed by atoms with E-state index < -0.39 is 5.82 Å². The number of hydrogen-bond donors (Lipinski definition) is 1. The molecule has 0 saturated carbocycles. The number of halogens is 1. The van der Waals surface area contributed by atoms with Gasteiger partial charge in [-0.25, -0.2) is 9.37 Å². The molecule has 0 radical (unpaired) electrons. The van der Waals surface area contributed by atoms with Crippen LogP contribution in [0.4, 0.5) is 10.2 Å². The molecular weight excluding hydrogens is 437 g/mol. The molecule has 2 aliphatic rings. The number of anilines is 1. The number of fused-ring (bicyclic) bond motifs is 1. The largest absolute Gasteiger partial charge is 0.497 e. The summed E-state index contributed by atoms with van der Waals surface area (Å²) in [5.74, 6) is 1.67. The maximum atomic E-state index is 15.0. The molecule has 3 aromatic rings. The van der Waals surface area contributed by atoms with Crippen molar-refractivity contribution in [3.8, 4) is 17.2 Å². The Hall–Kier alpha value is -2.78. The molecule has 0 amide bonds. The lowest BCUT2D eigenvalue weighted by Crippen LogP contribution is -2.46. The van der Waals surface area contributed by atoms with Crippen LogP contribution in [0.2, 0.25) is 0 Å². The van der Waals surface area contributed by atoms with E-state index in [9.17, 15) is 4.39 Å². The fourth-order valence-corrected chi connectivity index (χ4v) is 4.70. The van der Waals surface area contributed by atoms with Crippen molar-refractivity contribution < 1.29 is 18.4 Å². The van der Waals surface area contributed by atoms with Gasteiger partial charge in [0.15, 0.2) is 11.6 Å². The molecule has 2 aliphatic heterocycles. The number of piperidine rings is 1. The molecule has 1 atom stereocenters. The number of nitrogens with zero attached hydrogens (tertiary/aromatic N) is 4. The predicted molar refractivity (Wildman–Crippen MR) is 130 cm³/mol. The fraction of sp³-hybridized carbons (Fsp3) is 0.560. The summed E-state index contributed by atoms with van der Waals surface area (Å²) in [6, 6.07) is 4.05. The highest BCUT2D eigenvalue weighted by Gasteiger charge is 2.29. The molecule has 5 rings (SSSR count). The van der Waals surface area contributed by atoms with Gasteiger partial charge in [-0.15, -0.1) is 0 Å². The molecule has 1 N–H and O–H groups in total. The standard InChI is InChI=1S/C23H28FN5O3.C2H6/c1-13-18-10-17(30-3)11-19(24)21(18)27-22(20(13)23-25-14(2)28-32-23)29-7-4-15(5-8-29)26-16-6-9-31-12-16;1-2/h10-11,15-16,26H,4-9,12H2,1-3H3;1-2H3. The average molecular weight is 472 g/mol. The Kier molecular flexibility index (Phi) is 7.63. The SMILES string of the molecule is CC.COc1cc(F)c2nc(N3CCC(NC4CCOC4)CC3)c(-c3nc(C)no3)c(C)c2c1. The molecule has 8 nitrogen and oxygen atoms in total. The van der Waals surface area contributed by atoms with Crippen LogP contribution in [0.1, 0.15) is 44.5 Å².